The molecule has 0 saturated heterocycles. The lowest BCUT2D eigenvalue weighted by Gasteiger charge is -2.25. The van der Waals surface area contributed by atoms with Crippen LogP contribution < -0.4 is 5.32 Å². The number of amides is 1. The molecule has 0 heterocycles. The number of aliphatic hydroxyl groups excluding tert-OH is 1. The molecular formula is C71H120N2O6P+. The van der Waals surface area contributed by atoms with E-state index in [1.165, 1.54) is 83.5 Å². The lowest BCUT2D eigenvalue weighted by molar-refractivity contribution is -0.870. The Morgan fingerprint density at radius 2 is 0.750 bits per heavy atom. The summed E-state index contributed by atoms with van der Waals surface area (Å²) in [5.41, 5.74) is 0. The van der Waals surface area contributed by atoms with Crippen molar-refractivity contribution in [3.05, 3.63) is 158 Å². The number of quaternary nitrogens is 1. The lowest BCUT2D eigenvalue weighted by atomic mass is 10.0. The quantitative estimate of drug-likeness (QED) is 0.0243. The van der Waals surface area contributed by atoms with E-state index in [0.717, 1.165) is 128 Å². The number of nitrogens with zero attached hydrogens (tertiary/aromatic N) is 1. The smallest absolute Gasteiger partial charge is 0.387 e. The molecule has 3 N–H and O–H groups in total. The highest BCUT2D eigenvalue weighted by molar-refractivity contribution is 7.47. The van der Waals surface area contributed by atoms with Crippen LogP contribution in [0.25, 0.3) is 0 Å². The van der Waals surface area contributed by atoms with E-state index < -0.39 is 20.0 Å². The van der Waals surface area contributed by atoms with Gasteiger partial charge < -0.3 is 19.8 Å². The van der Waals surface area contributed by atoms with Gasteiger partial charge in [0.1, 0.15) is 13.2 Å². The van der Waals surface area contributed by atoms with Crippen LogP contribution in [-0.2, 0) is 18.4 Å². The molecule has 0 aliphatic rings. The first-order chi connectivity index (χ1) is 39.0. The minimum Gasteiger partial charge on any atom is -0.387 e. The number of aliphatic hydroxyl groups is 1. The van der Waals surface area contributed by atoms with Gasteiger partial charge in [-0.05, 0) is 109 Å². The van der Waals surface area contributed by atoms with Crippen molar-refractivity contribution in [2.24, 2.45) is 0 Å². The number of allylic oxidation sites excluding steroid dienone is 25. The highest BCUT2D eigenvalue weighted by Crippen LogP contribution is 2.43. The number of carbonyl (C=O) groups is 1. The van der Waals surface area contributed by atoms with E-state index in [2.05, 4.69) is 165 Å². The number of likely N-dealkylation sites (N-methyl/N-ethyl adjacent to an activating group) is 1. The predicted molar refractivity (Wildman–Crippen MR) is 350 cm³/mol. The van der Waals surface area contributed by atoms with E-state index in [1.54, 1.807) is 6.08 Å². The summed E-state index contributed by atoms with van der Waals surface area (Å²) in [6.45, 7) is 4.67. The highest BCUT2D eigenvalue weighted by atomic mass is 31.2. The van der Waals surface area contributed by atoms with Crippen molar-refractivity contribution in [3.8, 4) is 0 Å². The van der Waals surface area contributed by atoms with Crippen molar-refractivity contribution in [1.82, 2.24) is 5.32 Å². The molecule has 0 radical (unpaired) electrons. The maximum atomic E-state index is 13.0. The zero-order chi connectivity index (χ0) is 58.4. The molecule has 0 aromatic rings. The van der Waals surface area contributed by atoms with Gasteiger partial charge in [-0.15, -0.1) is 0 Å². The fourth-order valence-corrected chi connectivity index (χ4v) is 9.05. The minimum atomic E-state index is -4.37. The summed E-state index contributed by atoms with van der Waals surface area (Å²) in [6.07, 6.45) is 93.6. The number of unbranched alkanes of at least 4 members (excludes halogenated alkanes) is 19. The second kappa shape index (κ2) is 59.7. The third-order valence-electron chi connectivity index (χ3n) is 13.3. The number of nitrogens with one attached hydrogen (secondary N) is 1. The van der Waals surface area contributed by atoms with Crippen molar-refractivity contribution in [2.45, 2.75) is 244 Å². The zero-order valence-electron chi connectivity index (χ0n) is 51.8. The zero-order valence-corrected chi connectivity index (χ0v) is 52.6. The molecule has 0 fully saturated rings. The molecular weight excluding hydrogens is 1010 g/mol. The molecule has 0 bridgehead atoms. The van der Waals surface area contributed by atoms with Crippen molar-refractivity contribution < 1.29 is 32.9 Å². The van der Waals surface area contributed by atoms with E-state index in [1.807, 2.05) is 27.2 Å². The molecule has 0 spiro atoms. The van der Waals surface area contributed by atoms with Gasteiger partial charge in [-0.1, -0.05) is 275 Å². The summed E-state index contributed by atoms with van der Waals surface area (Å²) in [7, 11) is 1.53. The first-order valence-corrected chi connectivity index (χ1v) is 33.4. The molecule has 8 nitrogen and oxygen atoms in total. The van der Waals surface area contributed by atoms with Gasteiger partial charge in [-0.25, -0.2) is 4.57 Å². The van der Waals surface area contributed by atoms with Crippen LogP contribution in [0.4, 0.5) is 0 Å². The molecule has 454 valence electrons. The third-order valence-corrected chi connectivity index (χ3v) is 14.2. The Morgan fingerprint density at radius 3 is 1.10 bits per heavy atom. The Balaban J connectivity index is 4.22. The summed E-state index contributed by atoms with van der Waals surface area (Å²) in [5, 5.41) is 13.9. The standard InChI is InChI=1S/C71H119N2O6P/c1-6-8-10-12-14-16-18-20-22-24-25-26-27-28-29-30-31-32-33-34-35-36-37-38-39-40-41-42-43-44-45-46-47-49-51-53-55-57-59-61-63-65-71(75)72-69(68-79-80(76,77)78-67-66-73(3,4)5)70(74)64-62-60-58-56-54-52-50-48-23-21-19-17-15-13-11-9-7-2/h8,10,14,16,20,22,25-26,28-29,31-32,34-35,37-38,40-41,43-44,46-47,51,53,62,64,69-70,74H,6-7,9,11-13,15,17-19,21,23-24,27,30,33,36,39,42,45,48-50,52,54-61,63,65-68H2,1-5H3,(H-,72,75,76,77)/p+1/b10-8-,16-14-,22-20-,26-25-,29-28-,32-31-,35-34-,38-37-,41-40-,44-43-,47-46-,53-51-,64-62+. The Morgan fingerprint density at radius 1 is 0.438 bits per heavy atom. The first-order valence-electron chi connectivity index (χ1n) is 31.9. The molecule has 0 aromatic heterocycles. The monoisotopic (exact) mass is 1130 g/mol. The van der Waals surface area contributed by atoms with Gasteiger partial charge in [-0.2, -0.15) is 0 Å². The fraction of sp³-hybridized carbons (Fsp3) is 0.620. The average molecular weight is 1130 g/mol. The minimum absolute atomic E-state index is 0.0482. The Kier molecular flexibility index (Phi) is 56.8. The van der Waals surface area contributed by atoms with Crippen LogP contribution in [0.5, 0.6) is 0 Å². The molecule has 9 heteroatoms. The summed E-state index contributed by atoms with van der Waals surface area (Å²) in [5.74, 6) is -0.207. The molecule has 0 aliphatic carbocycles. The maximum Gasteiger partial charge on any atom is 0.472 e. The highest BCUT2D eigenvalue weighted by Gasteiger charge is 2.27. The van der Waals surface area contributed by atoms with Gasteiger partial charge in [0.2, 0.25) is 5.91 Å². The molecule has 0 aromatic carbocycles. The van der Waals surface area contributed by atoms with Crippen LogP contribution in [-0.4, -0.2) is 73.4 Å². The van der Waals surface area contributed by atoms with Crippen molar-refractivity contribution >= 4 is 13.7 Å². The van der Waals surface area contributed by atoms with Gasteiger partial charge >= 0.3 is 7.82 Å². The summed E-state index contributed by atoms with van der Waals surface area (Å²) in [4.78, 5) is 23.3. The molecule has 80 heavy (non-hydrogen) atoms. The molecule has 0 aliphatic heterocycles. The van der Waals surface area contributed by atoms with Crippen LogP contribution in [0.15, 0.2) is 158 Å². The second-order valence-corrected chi connectivity index (χ2v) is 23.5. The number of hydrogen-bond acceptors (Lipinski definition) is 5. The second-order valence-electron chi connectivity index (χ2n) is 22.1. The number of carbonyl (C=O) groups excluding carboxylic acids is 1. The molecule has 0 rings (SSSR count). The van der Waals surface area contributed by atoms with Crippen LogP contribution in [0.2, 0.25) is 0 Å². The molecule has 0 saturated carbocycles. The van der Waals surface area contributed by atoms with Crippen molar-refractivity contribution in [1.29, 1.82) is 0 Å². The number of phosphoric ester groups is 1. The third kappa shape index (κ3) is 61.7. The predicted octanol–water partition coefficient (Wildman–Crippen LogP) is 20.2. The van der Waals surface area contributed by atoms with Crippen molar-refractivity contribution in [3.63, 3.8) is 0 Å². The lowest BCUT2D eigenvalue weighted by Crippen LogP contribution is -2.45. The Bertz CT molecular complexity index is 1860. The number of hydrogen-bond donors (Lipinski definition) is 3. The molecule has 3 unspecified atom stereocenters. The van der Waals surface area contributed by atoms with E-state index in [-0.39, 0.29) is 19.1 Å². The fourth-order valence-electron chi connectivity index (χ4n) is 8.32. The van der Waals surface area contributed by atoms with Gasteiger partial charge in [0.25, 0.3) is 0 Å². The van der Waals surface area contributed by atoms with Gasteiger partial charge in [0.05, 0.1) is 39.9 Å². The topological polar surface area (TPSA) is 105 Å². The SMILES string of the molecule is CC/C=C\C/C=C\C/C=C\C/C=C\C/C=C\C/C=C\C/C=C\C/C=C\C/C=C\C/C=C\C/C=C\C/C=C\CCCCCCC(=O)NC(COP(=O)(O)OCC[N+](C)(C)C)C(O)/C=C/CCCCCCCCCCCCCCCCC. The van der Waals surface area contributed by atoms with E-state index in [4.69, 9.17) is 9.05 Å². The molecule has 3 atom stereocenters. The summed E-state index contributed by atoms with van der Waals surface area (Å²) < 4.78 is 23.7. The van der Waals surface area contributed by atoms with Crippen LogP contribution in [0, 0.1) is 0 Å². The van der Waals surface area contributed by atoms with Crippen molar-refractivity contribution in [2.75, 3.05) is 40.9 Å². The summed E-state index contributed by atoms with van der Waals surface area (Å²) >= 11 is 0. The summed E-state index contributed by atoms with van der Waals surface area (Å²) in [6, 6.07) is -0.872. The number of rotatable bonds is 56. The Labute approximate surface area is 492 Å². The van der Waals surface area contributed by atoms with Gasteiger partial charge in [0.15, 0.2) is 0 Å². The van der Waals surface area contributed by atoms with E-state index >= 15 is 0 Å². The average Bonchev–Trinajstić information content (AvgIpc) is 3.42. The maximum absolute atomic E-state index is 13.0. The largest absolute Gasteiger partial charge is 0.472 e. The van der Waals surface area contributed by atoms with Crippen LogP contribution in [0.3, 0.4) is 0 Å². The number of phosphoric acid groups is 1. The van der Waals surface area contributed by atoms with E-state index in [0.29, 0.717) is 17.4 Å². The van der Waals surface area contributed by atoms with Gasteiger partial charge in [-0.3, -0.25) is 13.8 Å². The molecule has 1 amide bonds. The first kappa shape index (κ1) is 76.1. The van der Waals surface area contributed by atoms with Gasteiger partial charge in [0, 0.05) is 6.42 Å². The van der Waals surface area contributed by atoms with E-state index in [9.17, 15) is 19.4 Å². The van der Waals surface area contributed by atoms with Crippen LogP contribution in [0.1, 0.15) is 232 Å². The van der Waals surface area contributed by atoms with Crippen LogP contribution >= 0.6 is 7.82 Å². The normalized spacial score (nSPS) is 14.8. The Hall–Kier alpha value is -3.88.